The van der Waals surface area contributed by atoms with E-state index in [4.69, 9.17) is 9.05 Å². The summed E-state index contributed by atoms with van der Waals surface area (Å²) in [5, 5.41) is 13.5. The number of carbonyl (C=O) groups excluding carboxylic acids is 1. The van der Waals surface area contributed by atoms with Gasteiger partial charge in [-0.3, -0.25) is 13.8 Å². The molecule has 8 nitrogen and oxygen atoms in total. The van der Waals surface area contributed by atoms with E-state index in [2.05, 4.69) is 19.2 Å². The highest BCUT2D eigenvalue weighted by molar-refractivity contribution is 7.47. The van der Waals surface area contributed by atoms with Crippen LogP contribution in [-0.4, -0.2) is 73.4 Å². The molecular formula is C33H68N2O6P+. The molecule has 9 heteroatoms. The van der Waals surface area contributed by atoms with Crippen molar-refractivity contribution in [2.45, 2.75) is 154 Å². The number of unbranched alkanes of at least 4 members (excludes halogenated alkanes) is 17. The average Bonchev–Trinajstić information content (AvgIpc) is 2.92. The summed E-state index contributed by atoms with van der Waals surface area (Å²) in [4.78, 5) is 22.7. The van der Waals surface area contributed by atoms with E-state index in [9.17, 15) is 19.4 Å². The predicted molar refractivity (Wildman–Crippen MR) is 175 cm³/mol. The van der Waals surface area contributed by atoms with Crippen molar-refractivity contribution in [1.82, 2.24) is 5.32 Å². The predicted octanol–water partition coefficient (Wildman–Crippen LogP) is 8.07. The molecule has 250 valence electrons. The summed E-state index contributed by atoms with van der Waals surface area (Å²) >= 11 is 0. The van der Waals surface area contributed by atoms with E-state index in [0.717, 1.165) is 44.9 Å². The Bertz CT molecular complexity index is 713. The molecular weight excluding hydrogens is 551 g/mol. The van der Waals surface area contributed by atoms with Gasteiger partial charge in [-0.15, -0.1) is 0 Å². The van der Waals surface area contributed by atoms with Gasteiger partial charge in [-0.1, -0.05) is 129 Å². The minimum Gasteiger partial charge on any atom is -0.387 e. The minimum atomic E-state index is -4.31. The number of carbonyl (C=O) groups is 1. The number of nitrogens with one attached hydrogen (secondary N) is 1. The van der Waals surface area contributed by atoms with E-state index >= 15 is 0 Å². The first-order valence-electron chi connectivity index (χ1n) is 17.1. The molecule has 0 aromatic heterocycles. The number of allylic oxidation sites excluding steroid dienone is 1. The van der Waals surface area contributed by atoms with Crippen molar-refractivity contribution < 1.29 is 32.9 Å². The Balaban J connectivity index is 4.33. The highest BCUT2D eigenvalue weighted by Gasteiger charge is 2.27. The number of rotatable bonds is 30. The number of amides is 1. The van der Waals surface area contributed by atoms with Gasteiger partial charge in [-0.05, 0) is 19.3 Å². The summed E-state index contributed by atoms with van der Waals surface area (Å²) in [6.07, 6.45) is 25.9. The quantitative estimate of drug-likeness (QED) is 0.0325. The van der Waals surface area contributed by atoms with E-state index in [1.807, 2.05) is 27.2 Å². The van der Waals surface area contributed by atoms with Gasteiger partial charge >= 0.3 is 7.82 Å². The molecule has 3 unspecified atom stereocenters. The molecule has 42 heavy (non-hydrogen) atoms. The van der Waals surface area contributed by atoms with Gasteiger partial charge in [0.25, 0.3) is 0 Å². The maximum Gasteiger partial charge on any atom is 0.472 e. The molecule has 0 saturated heterocycles. The Hall–Kier alpha value is -0.760. The van der Waals surface area contributed by atoms with Gasteiger partial charge < -0.3 is 19.8 Å². The van der Waals surface area contributed by atoms with E-state index < -0.39 is 20.0 Å². The molecule has 0 aromatic carbocycles. The summed E-state index contributed by atoms with van der Waals surface area (Å²) < 4.78 is 23.2. The second kappa shape index (κ2) is 26.6. The normalized spacial score (nSPS) is 15.1. The van der Waals surface area contributed by atoms with Crippen LogP contribution in [0.4, 0.5) is 0 Å². The third-order valence-electron chi connectivity index (χ3n) is 7.51. The van der Waals surface area contributed by atoms with Crippen LogP contribution in [0.1, 0.15) is 142 Å². The molecule has 0 heterocycles. The standard InChI is InChI=1S/C33H67N2O6P/c1-6-8-10-12-13-14-15-16-17-18-19-20-21-23-25-27-33(37)34-31(32(36)26-24-22-11-9-7-2)30-41-42(38,39)40-29-28-35(3,4)5/h24,26,31-32,36H,6-23,25,27-30H2,1-5H3,(H-,34,37,38,39)/p+1/b26-24+. The zero-order chi connectivity index (χ0) is 31.5. The highest BCUT2D eigenvalue weighted by atomic mass is 31.2. The van der Waals surface area contributed by atoms with Crippen molar-refractivity contribution >= 4 is 13.7 Å². The lowest BCUT2D eigenvalue weighted by atomic mass is 10.0. The molecule has 0 saturated carbocycles. The van der Waals surface area contributed by atoms with Crippen molar-refractivity contribution in [2.24, 2.45) is 0 Å². The van der Waals surface area contributed by atoms with Gasteiger partial charge in [0, 0.05) is 6.42 Å². The van der Waals surface area contributed by atoms with Crippen molar-refractivity contribution in [3.8, 4) is 0 Å². The Morgan fingerprint density at radius 2 is 1.26 bits per heavy atom. The lowest BCUT2D eigenvalue weighted by Crippen LogP contribution is -2.45. The maximum absolute atomic E-state index is 12.6. The zero-order valence-corrected chi connectivity index (χ0v) is 28.9. The van der Waals surface area contributed by atoms with Crippen LogP contribution in [-0.2, 0) is 18.4 Å². The summed E-state index contributed by atoms with van der Waals surface area (Å²) in [7, 11) is 1.57. The van der Waals surface area contributed by atoms with Crippen LogP contribution in [0, 0.1) is 0 Å². The summed E-state index contributed by atoms with van der Waals surface area (Å²) in [5.41, 5.74) is 0. The first-order valence-corrected chi connectivity index (χ1v) is 18.6. The second-order valence-corrected chi connectivity index (χ2v) is 14.4. The lowest BCUT2D eigenvalue weighted by molar-refractivity contribution is -0.870. The van der Waals surface area contributed by atoms with E-state index in [1.54, 1.807) is 6.08 Å². The van der Waals surface area contributed by atoms with Crippen LogP contribution in [0.3, 0.4) is 0 Å². The Labute approximate surface area is 259 Å². The Kier molecular flexibility index (Phi) is 26.1. The molecule has 0 aliphatic carbocycles. The lowest BCUT2D eigenvalue weighted by Gasteiger charge is -2.25. The molecule has 0 bridgehead atoms. The topological polar surface area (TPSA) is 105 Å². The van der Waals surface area contributed by atoms with Crippen LogP contribution >= 0.6 is 7.82 Å². The highest BCUT2D eigenvalue weighted by Crippen LogP contribution is 2.43. The van der Waals surface area contributed by atoms with Crippen LogP contribution in [0.2, 0.25) is 0 Å². The van der Waals surface area contributed by atoms with E-state index in [-0.39, 0.29) is 19.1 Å². The van der Waals surface area contributed by atoms with Crippen LogP contribution in [0.5, 0.6) is 0 Å². The third kappa shape index (κ3) is 28.0. The van der Waals surface area contributed by atoms with Crippen LogP contribution in [0.15, 0.2) is 12.2 Å². The molecule has 0 aromatic rings. The van der Waals surface area contributed by atoms with Gasteiger partial charge in [0.05, 0.1) is 39.9 Å². The number of likely N-dealkylation sites (N-methyl/N-ethyl adjacent to an activating group) is 1. The first-order chi connectivity index (χ1) is 20.0. The van der Waals surface area contributed by atoms with Gasteiger partial charge in [-0.2, -0.15) is 0 Å². The van der Waals surface area contributed by atoms with Gasteiger partial charge in [0.1, 0.15) is 13.2 Å². The van der Waals surface area contributed by atoms with Crippen LogP contribution < -0.4 is 5.32 Å². The molecule has 0 rings (SSSR count). The average molecular weight is 620 g/mol. The zero-order valence-electron chi connectivity index (χ0n) is 28.0. The van der Waals surface area contributed by atoms with E-state index in [1.165, 1.54) is 77.0 Å². The second-order valence-electron chi connectivity index (χ2n) is 12.9. The Morgan fingerprint density at radius 1 is 0.786 bits per heavy atom. The molecule has 0 aliphatic heterocycles. The third-order valence-corrected chi connectivity index (χ3v) is 8.49. The number of hydrogen-bond donors (Lipinski definition) is 3. The number of nitrogens with zero attached hydrogens (tertiary/aromatic N) is 1. The minimum absolute atomic E-state index is 0.0629. The summed E-state index contributed by atoms with van der Waals surface area (Å²) in [5.74, 6) is -0.185. The number of phosphoric ester groups is 1. The molecule has 0 fully saturated rings. The van der Waals surface area contributed by atoms with Gasteiger partial charge in [0.2, 0.25) is 5.91 Å². The molecule has 0 aliphatic rings. The smallest absolute Gasteiger partial charge is 0.387 e. The van der Waals surface area contributed by atoms with Crippen molar-refractivity contribution in [2.75, 3.05) is 40.9 Å². The van der Waals surface area contributed by atoms with Gasteiger partial charge in [-0.25, -0.2) is 4.57 Å². The molecule has 3 N–H and O–H groups in total. The number of quaternary nitrogens is 1. The fraction of sp³-hybridized carbons (Fsp3) is 0.909. The number of aliphatic hydroxyl groups is 1. The van der Waals surface area contributed by atoms with Crippen molar-refractivity contribution in [3.63, 3.8) is 0 Å². The SMILES string of the molecule is CCCCC/C=C/C(O)C(COP(=O)(O)OCC[N+](C)(C)C)NC(=O)CCCCCCCCCCCCCCCCC. The molecule has 3 atom stereocenters. The van der Waals surface area contributed by atoms with Crippen molar-refractivity contribution in [3.05, 3.63) is 12.2 Å². The Morgan fingerprint density at radius 3 is 1.76 bits per heavy atom. The largest absolute Gasteiger partial charge is 0.472 e. The summed E-state index contributed by atoms with van der Waals surface area (Å²) in [6.45, 7) is 4.68. The van der Waals surface area contributed by atoms with Crippen molar-refractivity contribution in [1.29, 1.82) is 0 Å². The summed E-state index contributed by atoms with van der Waals surface area (Å²) in [6, 6.07) is -0.835. The van der Waals surface area contributed by atoms with Gasteiger partial charge in [0.15, 0.2) is 0 Å². The molecule has 0 spiro atoms. The molecule has 0 radical (unpaired) electrons. The monoisotopic (exact) mass is 619 g/mol. The number of aliphatic hydroxyl groups excluding tert-OH is 1. The maximum atomic E-state index is 12.6. The van der Waals surface area contributed by atoms with E-state index in [0.29, 0.717) is 17.4 Å². The molecule has 1 amide bonds. The van der Waals surface area contributed by atoms with Crippen LogP contribution in [0.25, 0.3) is 0 Å². The first kappa shape index (κ1) is 41.2. The fourth-order valence-corrected chi connectivity index (χ4v) is 5.42. The number of phosphoric acid groups is 1. The fourth-order valence-electron chi connectivity index (χ4n) is 4.69. The number of hydrogen-bond acceptors (Lipinski definition) is 5.